The van der Waals surface area contributed by atoms with Crippen molar-refractivity contribution in [2.75, 3.05) is 58.3 Å². The number of amides is 1. The molecule has 1 amide bonds. The van der Waals surface area contributed by atoms with Gasteiger partial charge in [0.1, 0.15) is 0 Å². The average Bonchev–Trinajstić information content (AvgIpc) is 2.54. The van der Waals surface area contributed by atoms with E-state index >= 15 is 0 Å². The number of rotatable bonds is 6. The van der Waals surface area contributed by atoms with E-state index in [2.05, 4.69) is 20.4 Å². The highest BCUT2D eigenvalue weighted by Crippen LogP contribution is 2.22. The zero-order valence-corrected chi connectivity index (χ0v) is 16.4. The summed E-state index contributed by atoms with van der Waals surface area (Å²) in [5.41, 5.74) is 0.766. The Hall–Kier alpha value is -1.12. The van der Waals surface area contributed by atoms with Gasteiger partial charge in [-0.2, -0.15) is 0 Å². The van der Waals surface area contributed by atoms with Crippen LogP contribution in [0.2, 0.25) is 10.0 Å². The second-order valence-electron chi connectivity index (χ2n) is 5.69. The van der Waals surface area contributed by atoms with Gasteiger partial charge < -0.3 is 20.3 Å². The van der Waals surface area contributed by atoms with Gasteiger partial charge in [0.25, 0.3) is 0 Å². The normalized spacial score (nSPS) is 15.1. The maximum absolute atomic E-state index is 11.8. The highest BCUT2D eigenvalue weighted by atomic mass is 35.5. The summed E-state index contributed by atoms with van der Waals surface area (Å²) >= 11 is 17.5. The molecule has 25 heavy (non-hydrogen) atoms. The van der Waals surface area contributed by atoms with Crippen LogP contribution >= 0.6 is 35.4 Å². The number of thiocarbonyl (C=S) groups is 1. The Morgan fingerprint density at radius 3 is 2.44 bits per heavy atom. The molecule has 0 radical (unpaired) electrons. The number of hydrogen-bond acceptors (Lipinski definition) is 4. The summed E-state index contributed by atoms with van der Waals surface area (Å²) in [5.74, 6) is 0.0137. The zero-order valence-electron chi connectivity index (χ0n) is 14.1. The van der Waals surface area contributed by atoms with E-state index in [0.29, 0.717) is 34.9 Å². The number of methoxy groups -OCH3 is 1. The Kier molecular flexibility index (Phi) is 8.18. The molecule has 1 heterocycles. The summed E-state index contributed by atoms with van der Waals surface area (Å²) in [7, 11) is 1.61. The molecule has 0 aromatic heterocycles. The van der Waals surface area contributed by atoms with Crippen LogP contribution in [0.4, 0.5) is 5.69 Å². The Balaban J connectivity index is 1.75. The second-order valence-corrected chi connectivity index (χ2v) is 6.95. The van der Waals surface area contributed by atoms with E-state index in [4.69, 9.17) is 40.2 Å². The molecule has 0 aliphatic carbocycles. The number of ether oxygens (including phenoxy) is 1. The zero-order chi connectivity index (χ0) is 18.2. The topological polar surface area (TPSA) is 56.8 Å². The van der Waals surface area contributed by atoms with Crippen LogP contribution in [0.3, 0.4) is 0 Å². The van der Waals surface area contributed by atoms with E-state index in [0.717, 1.165) is 31.9 Å². The molecule has 1 saturated heterocycles. The Bertz CT molecular complexity index is 590. The maximum atomic E-state index is 11.8. The minimum absolute atomic E-state index is 0.0137. The lowest BCUT2D eigenvalue weighted by Crippen LogP contribution is -2.52. The van der Waals surface area contributed by atoms with Crippen molar-refractivity contribution in [1.82, 2.24) is 15.1 Å². The third-order valence-corrected chi connectivity index (χ3v) is 4.57. The number of nitrogens with zero attached hydrogens (tertiary/aromatic N) is 2. The molecule has 9 heteroatoms. The average molecular weight is 405 g/mol. The fraction of sp³-hybridized carbons (Fsp3) is 0.500. The highest BCUT2D eigenvalue weighted by molar-refractivity contribution is 7.80. The quantitative estimate of drug-likeness (QED) is 0.558. The van der Waals surface area contributed by atoms with Gasteiger partial charge in [0.15, 0.2) is 5.11 Å². The molecule has 6 nitrogen and oxygen atoms in total. The molecule has 1 aliphatic rings. The predicted octanol–water partition coefficient (Wildman–Crippen LogP) is 2.07. The van der Waals surface area contributed by atoms with Crippen molar-refractivity contribution < 1.29 is 9.53 Å². The first-order valence-electron chi connectivity index (χ1n) is 7.98. The van der Waals surface area contributed by atoms with Crippen LogP contribution in [0.25, 0.3) is 0 Å². The lowest BCUT2D eigenvalue weighted by Gasteiger charge is -2.35. The fourth-order valence-corrected chi connectivity index (χ4v) is 3.32. The lowest BCUT2D eigenvalue weighted by molar-refractivity contribution is -0.122. The highest BCUT2D eigenvalue weighted by Gasteiger charge is 2.20. The van der Waals surface area contributed by atoms with Crippen LogP contribution in [0, 0.1) is 0 Å². The van der Waals surface area contributed by atoms with Gasteiger partial charge in [-0.3, -0.25) is 9.69 Å². The number of carbonyl (C=O) groups is 1. The summed E-state index contributed by atoms with van der Waals surface area (Å²) in [6, 6.07) is 5.23. The van der Waals surface area contributed by atoms with Crippen molar-refractivity contribution in [2.45, 2.75) is 0 Å². The van der Waals surface area contributed by atoms with Gasteiger partial charge in [-0.15, -0.1) is 0 Å². The van der Waals surface area contributed by atoms with Gasteiger partial charge in [-0.05, 0) is 30.4 Å². The van der Waals surface area contributed by atoms with Crippen molar-refractivity contribution in [1.29, 1.82) is 0 Å². The predicted molar refractivity (Wildman–Crippen MR) is 106 cm³/mol. The number of halogens is 2. The van der Waals surface area contributed by atoms with Gasteiger partial charge in [-0.1, -0.05) is 23.2 Å². The van der Waals surface area contributed by atoms with E-state index in [-0.39, 0.29) is 5.91 Å². The van der Waals surface area contributed by atoms with Crippen molar-refractivity contribution in [3.8, 4) is 0 Å². The van der Waals surface area contributed by atoms with Gasteiger partial charge in [0, 0.05) is 55.6 Å². The van der Waals surface area contributed by atoms with Crippen LogP contribution in [0.1, 0.15) is 0 Å². The van der Waals surface area contributed by atoms with Crippen molar-refractivity contribution in [2.24, 2.45) is 0 Å². The van der Waals surface area contributed by atoms with E-state index in [1.54, 1.807) is 25.3 Å². The lowest BCUT2D eigenvalue weighted by atomic mass is 10.3. The molecule has 0 bridgehead atoms. The molecular formula is C16H22Cl2N4O2S. The summed E-state index contributed by atoms with van der Waals surface area (Å²) < 4.78 is 4.91. The van der Waals surface area contributed by atoms with Crippen LogP contribution < -0.4 is 10.6 Å². The van der Waals surface area contributed by atoms with Crippen LogP contribution in [-0.4, -0.2) is 73.8 Å². The second kappa shape index (κ2) is 10.1. The minimum Gasteiger partial charge on any atom is -0.383 e. The summed E-state index contributed by atoms with van der Waals surface area (Å²) in [4.78, 5) is 16.0. The van der Waals surface area contributed by atoms with E-state index in [1.807, 2.05) is 0 Å². The third-order valence-electron chi connectivity index (χ3n) is 3.77. The summed E-state index contributed by atoms with van der Waals surface area (Å²) in [6.45, 7) is 4.50. The standard InChI is InChI=1S/C16H22Cl2N4O2S/c1-24-7-2-19-15(23)11-21-3-5-22(6-4-21)16(25)20-14-9-12(17)8-13(18)10-14/h8-10H,2-7,11H2,1H3,(H,19,23)(H,20,25). The first-order chi connectivity index (χ1) is 12.0. The van der Waals surface area contributed by atoms with Crippen molar-refractivity contribution >= 4 is 52.1 Å². The first-order valence-corrected chi connectivity index (χ1v) is 9.14. The molecule has 2 N–H and O–H groups in total. The monoisotopic (exact) mass is 404 g/mol. The van der Waals surface area contributed by atoms with Gasteiger partial charge >= 0.3 is 0 Å². The number of anilines is 1. The largest absolute Gasteiger partial charge is 0.383 e. The molecular weight excluding hydrogens is 383 g/mol. The maximum Gasteiger partial charge on any atom is 0.234 e. The Morgan fingerprint density at radius 2 is 1.84 bits per heavy atom. The van der Waals surface area contributed by atoms with E-state index < -0.39 is 0 Å². The number of piperazine rings is 1. The number of hydrogen-bond donors (Lipinski definition) is 2. The molecule has 1 aromatic carbocycles. The molecule has 0 spiro atoms. The Morgan fingerprint density at radius 1 is 1.20 bits per heavy atom. The summed E-state index contributed by atoms with van der Waals surface area (Å²) in [5, 5.41) is 7.73. The van der Waals surface area contributed by atoms with Gasteiger partial charge in [0.2, 0.25) is 5.91 Å². The SMILES string of the molecule is COCCNC(=O)CN1CCN(C(=S)Nc2cc(Cl)cc(Cl)c2)CC1. The molecule has 1 aliphatic heterocycles. The molecule has 0 atom stereocenters. The Labute approximate surface area is 163 Å². The van der Waals surface area contributed by atoms with E-state index in [9.17, 15) is 4.79 Å². The fourth-order valence-electron chi connectivity index (χ4n) is 2.49. The first kappa shape index (κ1) is 20.2. The molecule has 0 unspecified atom stereocenters. The molecule has 0 saturated carbocycles. The molecule has 1 aromatic rings. The van der Waals surface area contributed by atoms with Gasteiger partial charge in [0.05, 0.1) is 13.2 Å². The van der Waals surface area contributed by atoms with Crippen molar-refractivity contribution in [3.05, 3.63) is 28.2 Å². The molecule has 2 rings (SSSR count). The van der Waals surface area contributed by atoms with Gasteiger partial charge in [-0.25, -0.2) is 0 Å². The van der Waals surface area contributed by atoms with Crippen LogP contribution in [0.15, 0.2) is 18.2 Å². The number of nitrogens with one attached hydrogen (secondary N) is 2. The van der Waals surface area contributed by atoms with Crippen molar-refractivity contribution in [3.63, 3.8) is 0 Å². The number of carbonyl (C=O) groups excluding carboxylic acids is 1. The van der Waals surface area contributed by atoms with Crippen LogP contribution in [0.5, 0.6) is 0 Å². The number of benzene rings is 1. The summed E-state index contributed by atoms with van der Waals surface area (Å²) in [6.07, 6.45) is 0. The molecule has 1 fully saturated rings. The third kappa shape index (κ3) is 6.95. The minimum atomic E-state index is 0.0137. The van der Waals surface area contributed by atoms with Crippen LogP contribution in [-0.2, 0) is 9.53 Å². The smallest absolute Gasteiger partial charge is 0.234 e. The van der Waals surface area contributed by atoms with E-state index in [1.165, 1.54) is 0 Å². The molecule has 138 valence electrons.